The number of fused-ring (bicyclic) bond motifs is 1. The summed E-state index contributed by atoms with van der Waals surface area (Å²) in [4.78, 5) is 17.6. The first-order chi connectivity index (χ1) is 15.7. The summed E-state index contributed by atoms with van der Waals surface area (Å²) in [5.41, 5.74) is 5.57. The van der Waals surface area contributed by atoms with Crippen molar-refractivity contribution < 1.29 is 9.21 Å². The molecule has 1 aliphatic rings. The number of rotatable bonds is 5. The number of piperazine rings is 1. The second kappa shape index (κ2) is 9.01. The van der Waals surface area contributed by atoms with Crippen molar-refractivity contribution in [2.45, 2.75) is 19.4 Å². The van der Waals surface area contributed by atoms with Crippen molar-refractivity contribution in [2.75, 3.05) is 26.2 Å². The fourth-order valence-electron chi connectivity index (χ4n) is 4.72. The molecule has 0 unspecified atom stereocenters. The van der Waals surface area contributed by atoms with Gasteiger partial charge in [-0.2, -0.15) is 0 Å². The van der Waals surface area contributed by atoms with Crippen molar-refractivity contribution in [1.82, 2.24) is 9.80 Å². The molecule has 0 saturated carbocycles. The van der Waals surface area contributed by atoms with Crippen LogP contribution < -0.4 is 0 Å². The van der Waals surface area contributed by atoms with Crippen LogP contribution in [0.2, 0.25) is 0 Å². The molecule has 4 aromatic rings. The summed E-state index contributed by atoms with van der Waals surface area (Å²) in [5, 5.41) is 1.05. The second-order valence-electron chi connectivity index (χ2n) is 8.58. The van der Waals surface area contributed by atoms with Crippen molar-refractivity contribution in [2.24, 2.45) is 0 Å². The first-order valence-electron chi connectivity index (χ1n) is 11.3. The number of hydrogen-bond acceptors (Lipinski definition) is 3. The summed E-state index contributed by atoms with van der Waals surface area (Å²) < 4.78 is 5.66. The zero-order valence-corrected chi connectivity index (χ0v) is 18.4. The monoisotopic (exact) mass is 424 g/mol. The van der Waals surface area contributed by atoms with E-state index in [2.05, 4.69) is 78.6 Å². The molecule has 1 fully saturated rings. The van der Waals surface area contributed by atoms with Crippen LogP contribution in [-0.4, -0.2) is 41.9 Å². The molecule has 0 radical (unpaired) electrons. The van der Waals surface area contributed by atoms with Gasteiger partial charge in [-0.05, 0) is 30.2 Å². The maximum Gasteiger partial charge on any atom is 0.227 e. The smallest absolute Gasteiger partial charge is 0.227 e. The predicted molar refractivity (Wildman–Crippen MR) is 128 cm³/mol. The minimum absolute atomic E-state index is 0.171. The number of benzene rings is 3. The van der Waals surface area contributed by atoms with Crippen LogP contribution in [0.1, 0.15) is 28.3 Å². The van der Waals surface area contributed by atoms with Gasteiger partial charge >= 0.3 is 0 Å². The van der Waals surface area contributed by atoms with Gasteiger partial charge in [0.1, 0.15) is 5.58 Å². The number of aryl methyl sites for hydroxylation is 1. The lowest BCUT2D eigenvalue weighted by Gasteiger charge is -2.39. The maximum absolute atomic E-state index is 13.1. The van der Waals surface area contributed by atoms with Gasteiger partial charge in [0.2, 0.25) is 5.91 Å². The van der Waals surface area contributed by atoms with Crippen molar-refractivity contribution in [1.29, 1.82) is 0 Å². The first kappa shape index (κ1) is 20.5. The molecule has 0 atom stereocenters. The average Bonchev–Trinajstić information content (AvgIpc) is 3.23. The normalized spacial score (nSPS) is 14.9. The van der Waals surface area contributed by atoms with Crippen LogP contribution in [0.25, 0.3) is 11.0 Å². The van der Waals surface area contributed by atoms with E-state index in [1.54, 1.807) is 6.26 Å². The molecule has 2 heterocycles. The third-order valence-electron chi connectivity index (χ3n) is 6.41. The maximum atomic E-state index is 13.1. The van der Waals surface area contributed by atoms with Crippen molar-refractivity contribution >= 4 is 16.9 Å². The Morgan fingerprint density at radius 3 is 2.12 bits per heavy atom. The molecular weight excluding hydrogens is 396 g/mol. The van der Waals surface area contributed by atoms with E-state index < -0.39 is 0 Å². The molecule has 4 nitrogen and oxygen atoms in total. The largest absolute Gasteiger partial charge is 0.464 e. The molecular formula is C28H28N2O2. The minimum Gasteiger partial charge on any atom is -0.464 e. The minimum atomic E-state index is 0.171. The summed E-state index contributed by atoms with van der Waals surface area (Å²) in [7, 11) is 0. The van der Waals surface area contributed by atoms with Crippen molar-refractivity contribution in [3.8, 4) is 0 Å². The highest BCUT2D eigenvalue weighted by Crippen LogP contribution is 2.30. The molecule has 162 valence electrons. The Balaban J connectivity index is 1.29. The van der Waals surface area contributed by atoms with Crippen LogP contribution >= 0.6 is 0 Å². The van der Waals surface area contributed by atoms with Crippen LogP contribution in [-0.2, 0) is 11.2 Å². The lowest BCUT2D eigenvalue weighted by atomic mass is 9.96. The third kappa shape index (κ3) is 4.19. The van der Waals surface area contributed by atoms with E-state index in [4.69, 9.17) is 4.42 Å². The fourth-order valence-corrected chi connectivity index (χ4v) is 4.72. The number of hydrogen-bond donors (Lipinski definition) is 0. The number of carbonyl (C=O) groups excluding carboxylic acids is 1. The van der Waals surface area contributed by atoms with Crippen LogP contribution in [0.5, 0.6) is 0 Å². The van der Waals surface area contributed by atoms with Gasteiger partial charge in [-0.25, -0.2) is 0 Å². The summed E-state index contributed by atoms with van der Waals surface area (Å²) in [6.07, 6.45) is 2.12. The number of carbonyl (C=O) groups is 1. The lowest BCUT2D eigenvalue weighted by molar-refractivity contribution is -0.132. The van der Waals surface area contributed by atoms with E-state index in [-0.39, 0.29) is 11.9 Å². The van der Waals surface area contributed by atoms with Gasteiger partial charge in [0.05, 0.1) is 18.7 Å². The Kier molecular flexibility index (Phi) is 5.78. The van der Waals surface area contributed by atoms with E-state index in [1.165, 1.54) is 16.7 Å². The molecule has 1 aliphatic heterocycles. The highest BCUT2D eigenvalue weighted by molar-refractivity contribution is 5.88. The highest BCUT2D eigenvalue weighted by atomic mass is 16.3. The first-order valence-corrected chi connectivity index (χ1v) is 11.3. The molecule has 0 N–H and O–H groups in total. The standard InChI is InChI=1S/C28H28N2O2/c1-21-12-13-26-25(18-21)24(20-32-26)19-27(31)29-14-16-30(17-15-29)28(22-8-4-2-5-9-22)23-10-6-3-7-11-23/h2-13,18,20,28H,14-17,19H2,1H3. The number of amides is 1. The van der Waals surface area contributed by atoms with Gasteiger partial charge < -0.3 is 9.32 Å². The van der Waals surface area contributed by atoms with E-state index >= 15 is 0 Å². The Morgan fingerprint density at radius 2 is 1.50 bits per heavy atom. The molecule has 0 spiro atoms. The van der Waals surface area contributed by atoms with E-state index in [9.17, 15) is 4.79 Å². The molecule has 1 amide bonds. The predicted octanol–water partition coefficient (Wildman–Crippen LogP) is 5.22. The van der Waals surface area contributed by atoms with Crippen LogP contribution in [0, 0.1) is 6.92 Å². The van der Waals surface area contributed by atoms with E-state index in [1.807, 2.05) is 17.0 Å². The highest BCUT2D eigenvalue weighted by Gasteiger charge is 2.28. The molecule has 32 heavy (non-hydrogen) atoms. The molecule has 1 aromatic heterocycles. The Morgan fingerprint density at radius 1 is 0.875 bits per heavy atom. The molecule has 4 heteroatoms. The SMILES string of the molecule is Cc1ccc2occ(CC(=O)N3CCN(C(c4ccccc4)c4ccccc4)CC3)c2c1. The molecule has 1 saturated heterocycles. The summed E-state index contributed by atoms with van der Waals surface area (Å²) in [5.74, 6) is 0.171. The lowest BCUT2D eigenvalue weighted by Crippen LogP contribution is -2.50. The van der Waals surface area contributed by atoms with Gasteiger partial charge in [0.25, 0.3) is 0 Å². The fraction of sp³-hybridized carbons (Fsp3) is 0.250. The average molecular weight is 425 g/mol. The summed E-state index contributed by atoms with van der Waals surface area (Å²) in [6.45, 7) is 5.25. The van der Waals surface area contributed by atoms with Gasteiger partial charge in [0, 0.05) is 37.1 Å². The number of nitrogens with zero attached hydrogens (tertiary/aromatic N) is 2. The van der Waals surface area contributed by atoms with Crippen molar-refractivity contribution in [3.05, 3.63) is 107 Å². The molecule has 5 rings (SSSR count). The molecule has 0 bridgehead atoms. The zero-order chi connectivity index (χ0) is 21.9. The quantitative estimate of drug-likeness (QED) is 0.441. The van der Waals surface area contributed by atoms with Crippen LogP contribution in [0.4, 0.5) is 0 Å². The summed E-state index contributed by atoms with van der Waals surface area (Å²) in [6, 6.07) is 27.6. The molecule has 0 aliphatic carbocycles. The van der Waals surface area contributed by atoms with Gasteiger partial charge in [-0.15, -0.1) is 0 Å². The third-order valence-corrected chi connectivity index (χ3v) is 6.41. The van der Waals surface area contributed by atoms with Gasteiger partial charge in [-0.3, -0.25) is 9.69 Å². The van der Waals surface area contributed by atoms with Gasteiger partial charge in [0.15, 0.2) is 0 Å². The number of furan rings is 1. The topological polar surface area (TPSA) is 36.7 Å². The van der Waals surface area contributed by atoms with E-state index in [0.717, 1.165) is 42.7 Å². The Labute approximate surface area is 189 Å². The van der Waals surface area contributed by atoms with Crippen LogP contribution in [0.3, 0.4) is 0 Å². The van der Waals surface area contributed by atoms with Gasteiger partial charge in [-0.1, -0.05) is 72.3 Å². The molecule has 3 aromatic carbocycles. The van der Waals surface area contributed by atoms with Crippen molar-refractivity contribution in [3.63, 3.8) is 0 Å². The second-order valence-corrected chi connectivity index (χ2v) is 8.58. The Bertz CT molecular complexity index is 1150. The van der Waals surface area contributed by atoms with Crippen LogP contribution in [0.15, 0.2) is 89.5 Å². The van der Waals surface area contributed by atoms with E-state index in [0.29, 0.717) is 6.42 Å². The zero-order valence-electron chi connectivity index (χ0n) is 18.4. The Hall–Kier alpha value is -3.37. The summed E-state index contributed by atoms with van der Waals surface area (Å²) >= 11 is 0.